The molecule has 15 heavy (non-hydrogen) atoms. The largest absolute Gasteiger partial charge is 0.339 e. The Kier molecular flexibility index (Phi) is 2.29. The summed E-state index contributed by atoms with van der Waals surface area (Å²) in [6, 6.07) is 4.50. The lowest BCUT2D eigenvalue weighted by Gasteiger charge is -2.03. The van der Waals surface area contributed by atoms with Gasteiger partial charge < -0.3 is 4.57 Å². The molecule has 1 nitrogen and oxygen atoms in total. The van der Waals surface area contributed by atoms with Crippen molar-refractivity contribution in [2.24, 2.45) is 0 Å². The Hall–Kier alpha value is -0.800. The quantitative estimate of drug-likeness (QED) is 0.619. The van der Waals surface area contributed by atoms with Gasteiger partial charge in [-0.1, -0.05) is 13.3 Å². The third-order valence-corrected chi connectivity index (χ3v) is 4.78. The highest BCUT2D eigenvalue weighted by atomic mass is 32.1. The van der Waals surface area contributed by atoms with E-state index in [0.29, 0.717) is 0 Å². The van der Waals surface area contributed by atoms with Crippen molar-refractivity contribution in [3.63, 3.8) is 0 Å². The first-order valence-electron chi connectivity index (χ1n) is 5.34. The average molecular weight is 235 g/mol. The van der Waals surface area contributed by atoms with E-state index >= 15 is 0 Å². The minimum absolute atomic E-state index is 1.16. The molecule has 0 saturated heterocycles. The van der Waals surface area contributed by atoms with Crippen LogP contribution in [0, 0.1) is 0 Å². The molecule has 0 aliphatic carbocycles. The minimum atomic E-state index is 1.16. The fraction of sp³-hybridized carbons (Fsp3) is 0.333. The highest BCUT2D eigenvalue weighted by Gasteiger charge is 2.11. The molecule has 0 aliphatic heterocycles. The molecule has 3 rings (SSSR count). The molecule has 0 unspecified atom stereocenters. The van der Waals surface area contributed by atoms with E-state index in [1.54, 1.807) is 0 Å². The van der Waals surface area contributed by atoms with Gasteiger partial charge in [-0.25, -0.2) is 0 Å². The zero-order chi connectivity index (χ0) is 10.3. The van der Waals surface area contributed by atoms with Gasteiger partial charge >= 0.3 is 0 Å². The Morgan fingerprint density at radius 1 is 1.07 bits per heavy atom. The second-order valence-electron chi connectivity index (χ2n) is 3.78. The fourth-order valence-electron chi connectivity index (χ4n) is 2.06. The number of aromatic nitrogens is 1. The van der Waals surface area contributed by atoms with Crippen LogP contribution < -0.4 is 0 Å². The van der Waals surface area contributed by atoms with Gasteiger partial charge in [0.25, 0.3) is 0 Å². The minimum Gasteiger partial charge on any atom is -0.339 e. The predicted molar refractivity (Wildman–Crippen MR) is 70.1 cm³/mol. The molecule has 0 N–H and O–H groups in total. The van der Waals surface area contributed by atoms with Gasteiger partial charge in [0.15, 0.2) is 0 Å². The molecule has 0 bridgehead atoms. The lowest BCUT2D eigenvalue weighted by atomic mass is 10.3. The molecule has 3 heterocycles. The van der Waals surface area contributed by atoms with Crippen molar-refractivity contribution in [3.05, 3.63) is 22.9 Å². The lowest BCUT2D eigenvalue weighted by molar-refractivity contribution is 0.665. The molecule has 0 fully saturated rings. The maximum Gasteiger partial charge on any atom is 0.0700 e. The van der Waals surface area contributed by atoms with Crippen molar-refractivity contribution in [2.45, 2.75) is 26.3 Å². The topological polar surface area (TPSA) is 4.93 Å². The van der Waals surface area contributed by atoms with Crippen LogP contribution in [0.2, 0.25) is 0 Å². The molecular formula is C12H13NS2. The molecule has 0 aliphatic rings. The predicted octanol–water partition coefficient (Wildman–Crippen LogP) is 4.72. The molecule has 0 aromatic carbocycles. The van der Waals surface area contributed by atoms with Crippen molar-refractivity contribution >= 4 is 43.1 Å². The monoisotopic (exact) mass is 235 g/mol. The van der Waals surface area contributed by atoms with Crippen molar-refractivity contribution in [3.8, 4) is 0 Å². The van der Waals surface area contributed by atoms with Crippen molar-refractivity contribution in [1.82, 2.24) is 4.57 Å². The second kappa shape index (κ2) is 3.65. The van der Waals surface area contributed by atoms with E-state index in [0.717, 1.165) is 6.54 Å². The van der Waals surface area contributed by atoms with Gasteiger partial charge in [-0.15, -0.1) is 22.7 Å². The van der Waals surface area contributed by atoms with Crippen LogP contribution >= 0.6 is 22.7 Å². The number of thiophene rings is 2. The molecule has 0 amide bonds. The summed E-state index contributed by atoms with van der Waals surface area (Å²) in [5.41, 5.74) is 2.85. The molecule has 0 radical (unpaired) electrons. The number of nitrogens with zero attached hydrogens (tertiary/aromatic N) is 1. The summed E-state index contributed by atoms with van der Waals surface area (Å²) in [6.07, 6.45) is 2.53. The summed E-state index contributed by atoms with van der Waals surface area (Å²) in [6.45, 7) is 3.41. The zero-order valence-electron chi connectivity index (χ0n) is 8.69. The summed E-state index contributed by atoms with van der Waals surface area (Å²) >= 11 is 3.73. The first-order valence-corrected chi connectivity index (χ1v) is 7.10. The highest BCUT2D eigenvalue weighted by Crippen LogP contribution is 2.36. The summed E-state index contributed by atoms with van der Waals surface area (Å²) < 4.78 is 5.41. The maximum atomic E-state index is 2.47. The SMILES string of the molecule is CCCCn1c2ccsc2c2sccc21. The molecule has 0 spiro atoms. The van der Waals surface area contributed by atoms with Gasteiger partial charge in [-0.3, -0.25) is 0 Å². The maximum absolute atomic E-state index is 2.47. The van der Waals surface area contributed by atoms with Crippen LogP contribution in [0.5, 0.6) is 0 Å². The van der Waals surface area contributed by atoms with Crippen molar-refractivity contribution in [1.29, 1.82) is 0 Å². The van der Waals surface area contributed by atoms with E-state index < -0.39 is 0 Å². The van der Waals surface area contributed by atoms with Gasteiger partial charge in [0.2, 0.25) is 0 Å². The lowest BCUT2D eigenvalue weighted by Crippen LogP contribution is -1.95. The number of hydrogen-bond acceptors (Lipinski definition) is 2. The Bertz CT molecular complexity index is 537. The normalized spacial score (nSPS) is 11.8. The van der Waals surface area contributed by atoms with E-state index in [1.165, 1.54) is 33.3 Å². The molecular weight excluding hydrogens is 222 g/mol. The smallest absolute Gasteiger partial charge is 0.0700 e. The van der Waals surface area contributed by atoms with Gasteiger partial charge in [0, 0.05) is 6.54 Å². The molecule has 0 saturated carbocycles. The highest BCUT2D eigenvalue weighted by molar-refractivity contribution is 7.25. The standard InChI is InChI=1S/C12H13NS2/c1-2-3-6-13-9-4-7-14-11(9)12-10(13)5-8-15-12/h4-5,7-8H,2-3,6H2,1H3. The van der Waals surface area contributed by atoms with Gasteiger partial charge in [-0.2, -0.15) is 0 Å². The summed E-state index contributed by atoms with van der Waals surface area (Å²) in [5, 5.41) is 4.40. The average Bonchev–Trinajstić information content (AvgIpc) is 2.88. The number of fused-ring (bicyclic) bond motifs is 3. The van der Waals surface area contributed by atoms with Crippen molar-refractivity contribution in [2.75, 3.05) is 0 Å². The van der Waals surface area contributed by atoms with Crippen LogP contribution in [0.4, 0.5) is 0 Å². The number of unbranched alkanes of at least 4 members (excludes halogenated alkanes) is 1. The molecule has 3 aromatic heterocycles. The Labute approximate surface area is 97.0 Å². The second-order valence-corrected chi connectivity index (χ2v) is 5.61. The van der Waals surface area contributed by atoms with E-state index in [2.05, 4.69) is 34.4 Å². The summed E-state index contributed by atoms with van der Waals surface area (Å²) in [7, 11) is 0. The third-order valence-electron chi connectivity index (χ3n) is 2.81. The summed E-state index contributed by atoms with van der Waals surface area (Å²) in [5.74, 6) is 0. The van der Waals surface area contributed by atoms with Crippen LogP contribution in [0.15, 0.2) is 22.9 Å². The van der Waals surface area contributed by atoms with Gasteiger partial charge in [-0.05, 0) is 29.3 Å². The Morgan fingerprint density at radius 3 is 2.20 bits per heavy atom. The van der Waals surface area contributed by atoms with E-state index in [-0.39, 0.29) is 0 Å². The Morgan fingerprint density at radius 2 is 1.67 bits per heavy atom. The van der Waals surface area contributed by atoms with Gasteiger partial charge in [0.05, 0.1) is 20.4 Å². The number of aryl methyl sites for hydroxylation is 1. The van der Waals surface area contributed by atoms with Crippen LogP contribution in [0.25, 0.3) is 20.4 Å². The first kappa shape index (κ1) is 9.43. The van der Waals surface area contributed by atoms with E-state index in [4.69, 9.17) is 0 Å². The molecule has 3 heteroatoms. The number of hydrogen-bond donors (Lipinski definition) is 0. The van der Waals surface area contributed by atoms with Crippen LogP contribution in [-0.4, -0.2) is 4.57 Å². The Balaban J connectivity index is 2.26. The number of rotatable bonds is 3. The van der Waals surface area contributed by atoms with Crippen LogP contribution in [0.3, 0.4) is 0 Å². The first-order chi connectivity index (χ1) is 7.42. The van der Waals surface area contributed by atoms with Gasteiger partial charge in [0.1, 0.15) is 0 Å². The van der Waals surface area contributed by atoms with E-state index in [1.807, 2.05) is 22.7 Å². The third kappa shape index (κ3) is 1.34. The molecule has 78 valence electrons. The molecule has 3 aromatic rings. The van der Waals surface area contributed by atoms with Crippen LogP contribution in [-0.2, 0) is 6.54 Å². The molecule has 0 atom stereocenters. The van der Waals surface area contributed by atoms with Crippen LogP contribution in [0.1, 0.15) is 19.8 Å². The van der Waals surface area contributed by atoms with E-state index in [9.17, 15) is 0 Å². The fourth-order valence-corrected chi connectivity index (χ4v) is 4.03. The zero-order valence-corrected chi connectivity index (χ0v) is 10.3. The summed E-state index contributed by atoms with van der Waals surface area (Å²) in [4.78, 5) is 0. The van der Waals surface area contributed by atoms with Crippen molar-refractivity contribution < 1.29 is 0 Å².